The van der Waals surface area contributed by atoms with Crippen molar-refractivity contribution in [2.45, 2.75) is 18.6 Å². The highest BCUT2D eigenvalue weighted by Gasteiger charge is 2.33. The molecule has 2 N–H and O–H groups in total. The lowest BCUT2D eigenvalue weighted by Crippen LogP contribution is -2.30. The highest BCUT2D eigenvalue weighted by molar-refractivity contribution is 7.80. The van der Waals surface area contributed by atoms with Crippen molar-refractivity contribution in [1.29, 1.82) is 0 Å². The average molecular weight is 442 g/mol. The number of aliphatic carboxylic acids is 1. The molecule has 148 valence electrons. The van der Waals surface area contributed by atoms with Gasteiger partial charge < -0.3 is 24.6 Å². The predicted octanol–water partition coefficient (Wildman–Crippen LogP) is 4.71. The molecule has 0 fully saturated rings. The molecule has 1 aliphatic heterocycles. The zero-order chi connectivity index (χ0) is 20.4. The number of ether oxygens (including phenoxy) is 3. The minimum Gasteiger partial charge on any atom is -0.493 e. The van der Waals surface area contributed by atoms with Gasteiger partial charge >= 0.3 is 5.97 Å². The average Bonchev–Trinajstić information content (AvgIpc) is 2.77. The van der Waals surface area contributed by atoms with Gasteiger partial charge in [-0.15, -0.1) is 0 Å². The van der Waals surface area contributed by atoms with Gasteiger partial charge in [0, 0.05) is 32.9 Å². The first-order chi connectivity index (χ1) is 13.3. The Labute approximate surface area is 177 Å². The van der Waals surface area contributed by atoms with Crippen molar-refractivity contribution >= 4 is 52.1 Å². The van der Waals surface area contributed by atoms with Gasteiger partial charge in [0.1, 0.15) is 17.2 Å². The summed E-state index contributed by atoms with van der Waals surface area (Å²) in [6, 6.07) is 8.51. The number of methoxy groups -OCH3 is 2. The van der Waals surface area contributed by atoms with Gasteiger partial charge in [0.2, 0.25) is 0 Å². The zero-order valence-electron chi connectivity index (χ0n) is 15.0. The number of carboxylic acid groups (broad SMARTS) is 1. The molecule has 2 unspecified atom stereocenters. The number of hydrogen-bond donors (Lipinski definition) is 2. The Bertz CT molecular complexity index is 937. The molecule has 0 bridgehead atoms. The van der Waals surface area contributed by atoms with Crippen LogP contribution < -0.4 is 14.8 Å². The summed E-state index contributed by atoms with van der Waals surface area (Å²) in [6.07, 6.45) is -1.91. The molecule has 1 aliphatic rings. The maximum absolute atomic E-state index is 11.3. The predicted molar refractivity (Wildman–Crippen MR) is 111 cm³/mol. The minimum absolute atomic E-state index is 0.265. The van der Waals surface area contributed by atoms with Crippen molar-refractivity contribution < 1.29 is 24.1 Å². The van der Waals surface area contributed by atoms with Crippen LogP contribution in [0.25, 0.3) is 0 Å². The molecule has 1 heterocycles. The lowest BCUT2D eigenvalue weighted by atomic mass is 9.98. The normalized spacial score (nSPS) is 18.6. The van der Waals surface area contributed by atoms with Crippen molar-refractivity contribution in [2.24, 2.45) is 0 Å². The molecule has 3 rings (SSSR count). The molecule has 9 heteroatoms. The highest BCUT2D eigenvalue weighted by atomic mass is 35.5. The van der Waals surface area contributed by atoms with Gasteiger partial charge in [-0.2, -0.15) is 0 Å². The van der Waals surface area contributed by atoms with Gasteiger partial charge in [-0.1, -0.05) is 35.4 Å². The van der Waals surface area contributed by atoms with Gasteiger partial charge in [0.25, 0.3) is 0 Å². The second kappa shape index (κ2) is 8.53. The number of fused-ring (bicyclic) bond motifs is 1. The number of rotatable bonds is 5. The number of hydrogen-bond acceptors (Lipinski definition) is 5. The van der Waals surface area contributed by atoms with Crippen LogP contribution in [0.3, 0.4) is 0 Å². The van der Waals surface area contributed by atoms with Crippen LogP contribution in [0.5, 0.6) is 11.5 Å². The summed E-state index contributed by atoms with van der Waals surface area (Å²) in [5.41, 5.74) is 1.90. The molecule has 2 atom stereocenters. The molecule has 0 radical (unpaired) electrons. The Morgan fingerprint density at radius 1 is 1.18 bits per heavy atom. The van der Waals surface area contributed by atoms with E-state index in [0.717, 1.165) is 0 Å². The molecular formula is C19H17Cl2NO5S. The molecule has 0 saturated carbocycles. The fourth-order valence-electron chi connectivity index (χ4n) is 3.07. The molecule has 0 spiro atoms. The van der Waals surface area contributed by atoms with E-state index in [4.69, 9.17) is 49.6 Å². The lowest BCUT2D eigenvalue weighted by Gasteiger charge is -2.24. The fourth-order valence-corrected chi connectivity index (χ4v) is 3.72. The first-order valence-electron chi connectivity index (χ1n) is 8.23. The van der Waals surface area contributed by atoms with Crippen molar-refractivity contribution in [2.75, 3.05) is 19.5 Å². The third-order valence-electron chi connectivity index (χ3n) is 4.26. The second-order valence-electron chi connectivity index (χ2n) is 6.05. The monoisotopic (exact) mass is 441 g/mol. The number of thiocarbonyl (C=S) groups is 1. The molecule has 2 aromatic rings. The molecular weight excluding hydrogens is 425 g/mol. The van der Waals surface area contributed by atoms with Crippen LogP contribution >= 0.6 is 35.4 Å². The summed E-state index contributed by atoms with van der Waals surface area (Å²) in [5, 5.41) is 13.2. The van der Waals surface area contributed by atoms with Crippen LogP contribution in [0.4, 0.5) is 5.69 Å². The van der Waals surface area contributed by atoms with Gasteiger partial charge in [-0.3, -0.25) is 4.79 Å². The van der Waals surface area contributed by atoms with E-state index in [0.29, 0.717) is 38.4 Å². The van der Waals surface area contributed by atoms with Crippen LogP contribution in [-0.4, -0.2) is 36.4 Å². The number of anilines is 1. The van der Waals surface area contributed by atoms with Crippen LogP contribution in [0.2, 0.25) is 10.0 Å². The third kappa shape index (κ3) is 4.17. The maximum Gasteiger partial charge on any atom is 0.306 e. The Kier molecular flexibility index (Phi) is 6.30. The Morgan fingerprint density at radius 3 is 2.54 bits per heavy atom. The number of halogens is 2. The Balaban J connectivity index is 2.22. The first-order valence-corrected chi connectivity index (χ1v) is 9.39. The van der Waals surface area contributed by atoms with Gasteiger partial charge in [0.15, 0.2) is 11.5 Å². The van der Waals surface area contributed by atoms with Crippen molar-refractivity contribution in [1.82, 2.24) is 0 Å². The summed E-state index contributed by atoms with van der Waals surface area (Å²) < 4.78 is 17.1. The Morgan fingerprint density at radius 2 is 1.89 bits per heavy atom. The van der Waals surface area contributed by atoms with E-state index in [1.54, 1.807) is 30.3 Å². The first kappa shape index (κ1) is 20.7. The van der Waals surface area contributed by atoms with E-state index in [-0.39, 0.29) is 11.4 Å². The summed E-state index contributed by atoms with van der Waals surface area (Å²) in [6.45, 7) is 0. The minimum atomic E-state index is -1.03. The van der Waals surface area contributed by atoms with Crippen LogP contribution in [0.15, 0.2) is 30.3 Å². The van der Waals surface area contributed by atoms with Crippen molar-refractivity contribution in [3.63, 3.8) is 0 Å². The highest BCUT2D eigenvalue weighted by Crippen LogP contribution is 2.45. The van der Waals surface area contributed by atoms with E-state index >= 15 is 0 Å². The zero-order valence-corrected chi connectivity index (χ0v) is 17.3. The summed E-state index contributed by atoms with van der Waals surface area (Å²) in [5.74, 6) is -0.191. The van der Waals surface area contributed by atoms with E-state index in [2.05, 4.69) is 5.32 Å². The second-order valence-corrected chi connectivity index (χ2v) is 7.37. The van der Waals surface area contributed by atoms with Crippen molar-refractivity contribution in [3.8, 4) is 11.5 Å². The van der Waals surface area contributed by atoms with Crippen LogP contribution in [0, 0.1) is 0 Å². The molecule has 28 heavy (non-hydrogen) atoms. The molecule has 0 aromatic heterocycles. The number of nitrogens with one attached hydrogen (secondary N) is 1. The maximum atomic E-state index is 11.3. The summed E-state index contributed by atoms with van der Waals surface area (Å²) in [7, 11) is 3.00. The van der Waals surface area contributed by atoms with E-state index in [9.17, 15) is 9.90 Å². The van der Waals surface area contributed by atoms with Crippen LogP contribution in [0.1, 0.15) is 23.7 Å². The topological polar surface area (TPSA) is 77.0 Å². The van der Waals surface area contributed by atoms with Gasteiger partial charge in [-0.05, 0) is 24.3 Å². The van der Waals surface area contributed by atoms with E-state index in [1.165, 1.54) is 14.2 Å². The number of carbonyl (C=O) groups is 1. The molecule has 0 amide bonds. The lowest BCUT2D eigenvalue weighted by molar-refractivity contribution is -0.139. The number of benzene rings is 2. The molecule has 6 nitrogen and oxygen atoms in total. The van der Waals surface area contributed by atoms with E-state index in [1.807, 2.05) is 0 Å². The van der Waals surface area contributed by atoms with Crippen LogP contribution in [-0.2, 0) is 9.53 Å². The van der Waals surface area contributed by atoms with Gasteiger partial charge in [-0.25, -0.2) is 0 Å². The largest absolute Gasteiger partial charge is 0.493 e. The summed E-state index contributed by atoms with van der Waals surface area (Å²) in [4.78, 5) is 11.6. The molecule has 0 aliphatic carbocycles. The van der Waals surface area contributed by atoms with Crippen molar-refractivity contribution in [3.05, 3.63) is 51.5 Å². The summed E-state index contributed by atoms with van der Waals surface area (Å²) >= 11 is 17.8. The SMILES string of the molecule is COc1cc(Cl)cc(C2OC(CC(=O)O)C(=S)Nc3ccc(Cl)cc32)c1OC. The molecule has 0 saturated heterocycles. The molecule has 2 aromatic carbocycles. The smallest absolute Gasteiger partial charge is 0.306 e. The quantitative estimate of drug-likeness (QED) is 0.650. The van der Waals surface area contributed by atoms with E-state index < -0.39 is 18.2 Å². The number of carboxylic acids is 1. The van der Waals surface area contributed by atoms with Gasteiger partial charge in [0.05, 0.1) is 20.6 Å². The Hall–Kier alpha value is -2.06. The third-order valence-corrected chi connectivity index (χ3v) is 5.08. The fraction of sp³-hybridized carbons (Fsp3) is 0.263. The standard InChI is InChI=1S/C19H17Cl2NO5S/c1-25-14-7-10(21)6-12(18(14)26-2)17-11-5-9(20)3-4-13(11)22-19(28)15(27-17)8-16(23)24/h3-7,15,17H,8H2,1-2H3,(H,22,28)(H,23,24).